The van der Waals surface area contributed by atoms with Gasteiger partial charge in [0.2, 0.25) is 0 Å². The Morgan fingerprint density at radius 1 is 1.60 bits per heavy atom. The summed E-state index contributed by atoms with van der Waals surface area (Å²) in [6.45, 7) is 0. The molecule has 2 aliphatic rings. The third-order valence-corrected chi connectivity index (χ3v) is 13.9. The molecule has 0 aliphatic carbocycles. The van der Waals surface area contributed by atoms with Gasteiger partial charge in [-0.25, -0.2) is 0 Å². The van der Waals surface area contributed by atoms with E-state index in [1.165, 1.54) is 9.13 Å². The maximum absolute atomic E-state index is 5.66. The summed E-state index contributed by atoms with van der Waals surface area (Å²) >= 11 is 7.30. The molecule has 2 aliphatic heterocycles. The van der Waals surface area contributed by atoms with Crippen molar-refractivity contribution in [3.05, 3.63) is 21.3 Å². The molecule has 2 heterocycles. The van der Waals surface area contributed by atoms with Gasteiger partial charge in [0.15, 0.2) is 0 Å². The molecule has 1 atom stereocenters. The molecule has 1 fully saturated rings. The predicted octanol–water partition coefficient (Wildman–Crippen LogP) is -0.930. The molecule has 0 spiro atoms. The van der Waals surface area contributed by atoms with Crippen molar-refractivity contribution in [3.8, 4) is 0 Å². The zero-order valence-electron chi connectivity index (χ0n) is 4.70. The van der Waals surface area contributed by atoms with Gasteiger partial charge in [-0.05, 0) is 0 Å². The Morgan fingerprint density at radius 2 is 2.40 bits per heavy atom. The summed E-state index contributed by atoms with van der Waals surface area (Å²) < 4.78 is 8.04. The Hall–Kier alpha value is 1.36. The molecular formula is C5H2OSe4. The molecule has 5 heteroatoms. The van der Waals surface area contributed by atoms with Gasteiger partial charge in [-0.3, -0.25) is 0 Å². The molecule has 52 valence electrons. The second-order valence-electron chi connectivity index (χ2n) is 1.86. The van der Waals surface area contributed by atoms with Crippen molar-refractivity contribution >= 4 is 58.3 Å². The van der Waals surface area contributed by atoms with Crippen LogP contribution >= 0.6 is 0 Å². The molecular weight excluding hydrogens is 392 g/mol. The Balaban J connectivity index is 2.41. The van der Waals surface area contributed by atoms with Crippen LogP contribution < -0.4 is 0 Å². The second kappa shape index (κ2) is 2.69. The van der Waals surface area contributed by atoms with Crippen LogP contribution in [-0.2, 0) is 4.74 Å². The van der Waals surface area contributed by atoms with Crippen molar-refractivity contribution in [2.24, 2.45) is 0 Å². The van der Waals surface area contributed by atoms with E-state index in [1.807, 2.05) is 0 Å². The monoisotopic (exact) mass is 398 g/mol. The zero-order chi connectivity index (χ0) is 7.19. The van der Waals surface area contributed by atoms with Gasteiger partial charge in [0.1, 0.15) is 0 Å². The van der Waals surface area contributed by atoms with Crippen molar-refractivity contribution in [1.29, 1.82) is 0 Å². The van der Waals surface area contributed by atoms with Gasteiger partial charge in [-0.2, -0.15) is 0 Å². The van der Waals surface area contributed by atoms with Crippen LogP contribution in [0.5, 0.6) is 0 Å². The number of ether oxygens (including phenoxy) is 1. The predicted molar refractivity (Wildman–Crippen MR) is 43.0 cm³/mol. The zero-order valence-corrected chi connectivity index (χ0v) is 11.5. The fourth-order valence-electron chi connectivity index (χ4n) is 0.658. The third-order valence-electron chi connectivity index (χ3n) is 1.11. The first-order valence-corrected chi connectivity index (χ1v) is 10.3. The molecule has 1 saturated heterocycles. The molecule has 1 unspecified atom stereocenters. The molecule has 1 nitrogen and oxygen atoms in total. The summed E-state index contributed by atoms with van der Waals surface area (Å²) in [6.07, 6.45) is 4.24. The average molecular weight is 394 g/mol. The van der Waals surface area contributed by atoms with E-state index in [4.69, 9.17) is 4.74 Å². The molecule has 0 N–H and O–H groups in total. The van der Waals surface area contributed by atoms with Crippen molar-refractivity contribution < 1.29 is 4.74 Å². The summed E-state index contributed by atoms with van der Waals surface area (Å²) in [4.78, 5) is 0. The molecule has 0 saturated carbocycles. The van der Waals surface area contributed by atoms with E-state index >= 15 is 0 Å². The van der Waals surface area contributed by atoms with Crippen LogP contribution in [-0.4, -0.2) is 61.7 Å². The van der Waals surface area contributed by atoms with E-state index in [0.29, 0.717) is 26.3 Å². The van der Waals surface area contributed by atoms with Crippen molar-refractivity contribution in [1.82, 2.24) is 0 Å². The Morgan fingerprint density at radius 3 is 3.10 bits per heavy atom. The molecule has 0 aromatic rings. The maximum atomic E-state index is 5.66. The van der Waals surface area contributed by atoms with Crippen LogP contribution in [0.2, 0.25) is 0 Å². The van der Waals surface area contributed by atoms with Crippen LogP contribution in [0.1, 0.15) is 0 Å². The van der Waals surface area contributed by atoms with Gasteiger partial charge >= 0.3 is 87.7 Å². The number of rotatable bonds is 0. The van der Waals surface area contributed by atoms with Gasteiger partial charge in [-0.1, -0.05) is 0 Å². The summed E-state index contributed by atoms with van der Waals surface area (Å²) in [5.41, 5.74) is 0. The fourth-order valence-corrected chi connectivity index (χ4v) is 11.5. The SMILES string of the molecule is [Se]C1=C2OC([Se])(C=C1)[Se][Se]2. The first-order chi connectivity index (χ1) is 4.70. The van der Waals surface area contributed by atoms with Gasteiger partial charge in [0, 0.05) is 0 Å². The molecule has 2 rings (SSSR count). The van der Waals surface area contributed by atoms with Gasteiger partial charge in [0.05, 0.1) is 0 Å². The van der Waals surface area contributed by atoms with E-state index < -0.39 is 0 Å². The van der Waals surface area contributed by atoms with Crippen LogP contribution in [0.15, 0.2) is 21.3 Å². The minimum atomic E-state index is -0.0182. The number of hydrogen-bond donors (Lipinski definition) is 0. The summed E-state index contributed by atoms with van der Waals surface area (Å²) in [5.74, 6) is 0. The Kier molecular flexibility index (Phi) is 2.15. The molecule has 0 amide bonds. The number of hydrogen-bond acceptors (Lipinski definition) is 1. The molecule has 10 heavy (non-hydrogen) atoms. The minimum absolute atomic E-state index is 0.0182. The van der Waals surface area contributed by atoms with Crippen molar-refractivity contribution in [2.45, 2.75) is 3.40 Å². The summed E-state index contributed by atoms with van der Waals surface area (Å²) in [5, 5.41) is 0. The van der Waals surface area contributed by atoms with E-state index in [1.54, 1.807) is 0 Å². The number of fused-ring (bicyclic) bond motifs is 2. The van der Waals surface area contributed by atoms with Gasteiger partial charge in [0.25, 0.3) is 0 Å². The summed E-state index contributed by atoms with van der Waals surface area (Å²) in [6, 6.07) is 0. The summed E-state index contributed by atoms with van der Waals surface area (Å²) in [7, 11) is 0. The molecule has 2 bridgehead atoms. The topological polar surface area (TPSA) is 9.23 Å². The molecule has 0 aromatic carbocycles. The fraction of sp³-hybridized carbons (Fsp3) is 0.200. The van der Waals surface area contributed by atoms with Gasteiger partial charge in [-0.15, -0.1) is 0 Å². The Labute approximate surface area is 86.9 Å². The average Bonchev–Trinajstić information content (AvgIpc) is 2.23. The van der Waals surface area contributed by atoms with Crippen molar-refractivity contribution in [3.63, 3.8) is 0 Å². The van der Waals surface area contributed by atoms with E-state index in [0.717, 1.165) is 0 Å². The molecule has 2 radical (unpaired) electrons. The van der Waals surface area contributed by atoms with E-state index in [2.05, 4.69) is 44.2 Å². The quantitative estimate of drug-likeness (QED) is 0.483. The van der Waals surface area contributed by atoms with Crippen LogP contribution in [0.3, 0.4) is 0 Å². The molecule has 0 aromatic heterocycles. The van der Waals surface area contributed by atoms with Crippen LogP contribution in [0.4, 0.5) is 0 Å². The first-order valence-electron chi connectivity index (χ1n) is 2.55. The third kappa shape index (κ3) is 1.31. The van der Waals surface area contributed by atoms with Crippen molar-refractivity contribution in [2.75, 3.05) is 0 Å². The number of allylic oxidation sites excluding steroid dienone is 2. The second-order valence-corrected chi connectivity index (χ2v) is 11.7. The standard InChI is InChI=1S/C5H2OSe4/c7-3-1-2-5(8)6-4(3)9-10-5/h1-2H. The van der Waals surface area contributed by atoms with Crippen LogP contribution in [0.25, 0.3) is 0 Å². The van der Waals surface area contributed by atoms with Gasteiger partial charge < -0.3 is 0 Å². The first kappa shape index (κ1) is 7.98. The van der Waals surface area contributed by atoms with Crippen LogP contribution in [0, 0.1) is 0 Å². The Bertz CT molecular complexity index is 234. The van der Waals surface area contributed by atoms with E-state index in [-0.39, 0.29) is 3.40 Å². The normalized spacial score (nSPS) is 36.5. The van der Waals surface area contributed by atoms with E-state index in [9.17, 15) is 0 Å².